The summed E-state index contributed by atoms with van der Waals surface area (Å²) in [5, 5.41) is 10.1. The molecule has 0 radical (unpaired) electrons. The average molecular weight is 330 g/mol. The molecule has 3 N–H and O–H groups in total. The van der Waals surface area contributed by atoms with E-state index in [9.17, 15) is 9.67 Å². The number of benzene rings is 1. The zero-order valence-electron chi connectivity index (χ0n) is 13.3. The second-order valence-electron chi connectivity index (χ2n) is 6.16. The first-order valence-corrected chi connectivity index (χ1v) is 8.78. The highest BCUT2D eigenvalue weighted by atomic mass is 31.2. The molecule has 1 aromatic carbocycles. The predicted molar refractivity (Wildman–Crippen MR) is 82.3 cm³/mol. The van der Waals surface area contributed by atoms with E-state index < -0.39 is 13.4 Å². The first-order valence-electron chi connectivity index (χ1n) is 7.25. The van der Waals surface area contributed by atoms with Gasteiger partial charge in [-0.2, -0.15) is 0 Å². The van der Waals surface area contributed by atoms with Crippen molar-refractivity contribution in [2.24, 2.45) is 0 Å². The van der Waals surface area contributed by atoms with Gasteiger partial charge in [0.2, 0.25) is 0 Å². The Balaban J connectivity index is 2.22. The quantitative estimate of drug-likeness (QED) is 0.735. The molecule has 2 rings (SSSR count). The van der Waals surface area contributed by atoms with Crippen LogP contribution in [0.15, 0.2) is 0 Å². The fourth-order valence-electron chi connectivity index (χ4n) is 2.85. The molecule has 1 unspecified atom stereocenters. The number of aromatic hydroxyl groups is 1. The molecule has 1 aromatic rings. The van der Waals surface area contributed by atoms with E-state index in [-0.39, 0.29) is 6.61 Å². The molecule has 7 heteroatoms. The van der Waals surface area contributed by atoms with Crippen LogP contribution in [-0.4, -0.2) is 27.1 Å². The molecule has 0 spiro atoms. The highest BCUT2D eigenvalue weighted by Gasteiger charge is 2.35. The summed E-state index contributed by atoms with van der Waals surface area (Å²) in [4.78, 5) is 17.5. The van der Waals surface area contributed by atoms with Crippen molar-refractivity contribution in [3.05, 3.63) is 22.3 Å². The molecule has 6 nitrogen and oxygen atoms in total. The van der Waals surface area contributed by atoms with Crippen molar-refractivity contribution in [3.63, 3.8) is 0 Å². The van der Waals surface area contributed by atoms with Gasteiger partial charge in [-0.05, 0) is 57.2 Å². The maximum absolute atomic E-state index is 10.8. The number of phosphoric acid groups is 1. The van der Waals surface area contributed by atoms with Crippen LogP contribution in [0.3, 0.4) is 0 Å². The molecule has 1 aliphatic rings. The zero-order chi connectivity index (χ0) is 16.7. The third-order valence-corrected chi connectivity index (χ3v) is 5.00. The van der Waals surface area contributed by atoms with Crippen LogP contribution in [0.25, 0.3) is 0 Å². The number of ether oxygens (including phenoxy) is 1. The van der Waals surface area contributed by atoms with E-state index in [1.54, 1.807) is 0 Å². The lowest BCUT2D eigenvalue weighted by molar-refractivity contribution is 0.0369. The Bertz CT molecular complexity index is 636. The lowest BCUT2D eigenvalue weighted by atomic mass is 9.86. The van der Waals surface area contributed by atoms with E-state index in [1.165, 1.54) is 0 Å². The molecule has 0 amide bonds. The molecule has 1 aliphatic heterocycles. The summed E-state index contributed by atoms with van der Waals surface area (Å²) >= 11 is 0. The third-order valence-electron chi connectivity index (χ3n) is 4.48. The largest absolute Gasteiger partial charge is 0.507 e. The van der Waals surface area contributed by atoms with E-state index in [1.807, 2.05) is 27.7 Å². The molecule has 0 aromatic heterocycles. The highest BCUT2D eigenvalue weighted by Crippen LogP contribution is 2.44. The smallest absolute Gasteiger partial charge is 0.469 e. The number of hydrogen-bond donors (Lipinski definition) is 3. The van der Waals surface area contributed by atoms with E-state index >= 15 is 0 Å². The minimum atomic E-state index is -4.45. The van der Waals surface area contributed by atoms with Crippen LogP contribution in [0.5, 0.6) is 11.5 Å². The molecule has 0 saturated heterocycles. The van der Waals surface area contributed by atoms with Gasteiger partial charge in [0.05, 0.1) is 6.61 Å². The Morgan fingerprint density at radius 1 is 1.23 bits per heavy atom. The van der Waals surface area contributed by atoms with E-state index in [2.05, 4.69) is 4.52 Å². The topological polar surface area (TPSA) is 96.2 Å². The lowest BCUT2D eigenvalue weighted by Gasteiger charge is -2.38. The summed E-state index contributed by atoms with van der Waals surface area (Å²) in [5.74, 6) is 1.09. The van der Waals surface area contributed by atoms with Gasteiger partial charge < -0.3 is 19.6 Å². The summed E-state index contributed by atoms with van der Waals surface area (Å²) in [5.41, 5.74) is 3.01. The molecule has 22 heavy (non-hydrogen) atoms. The molecule has 1 heterocycles. The second-order valence-corrected chi connectivity index (χ2v) is 7.40. The Hall–Kier alpha value is -1.07. The number of phenols is 1. The molecular formula is C15H23O6P. The molecule has 0 saturated carbocycles. The predicted octanol–water partition coefficient (Wildman–Crippen LogP) is 2.90. The third kappa shape index (κ3) is 3.46. The summed E-state index contributed by atoms with van der Waals surface area (Å²) in [6.07, 6.45) is 1.84. The fourth-order valence-corrected chi connectivity index (χ4v) is 3.18. The Labute approximate surface area is 130 Å². The van der Waals surface area contributed by atoms with Gasteiger partial charge in [0, 0.05) is 12.0 Å². The van der Waals surface area contributed by atoms with Crippen molar-refractivity contribution in [1.29, 1.82) is 0 Å². The van der Waals surface area contributed by atoms with Crippen LogP contribution in [0.1, 0.15) is 42.0 Å². The molecule has 0 aliphatic carbocycles. The van der Waals surface area contributed by atoms with Gasteiger partial charge in [0.25, 0.3) is 0 Å². The first kappa shape index (κ1) is 17.3. The van der Waals surface area contributed by atoms with Crippen LogP contribution in [-0.2, 0) is 15.5 Å². The summed E-state index contributed by atoms with van der Waals surface area (Å²) < 4.78 is 21.4. The Kier molecular flexibility index (Phi) is 4.60. The van der Waals surface area contributed by atoms with Crippen molar-refractivity contribution in [2.75, 3.05) is 6.61 Å². The van der Waals surface area contributed by atoms with Gasteiger partial charge >= 0.3 is 7.82 Å². The maximum atomic E-state index is 10.8. The minimum absolute atomic E-state index is 0.0643. The zero-order valence-corrected chi connectivity index (χ0v) is 14.2. The average Bonchev–Trinajstić information content (AvgIpc) is 2.41. The van der Waals surface area contributed by atoms with Gasteiger partial charge in [-0.25, -0.2) is 4.57 Å². The molecule has 124 valence electrons. The highest BCUT2D eigenvalue weighted by molar-refractivity contribution is 7.46. The summed E-state index contributed by atoms with van der Waals surface area (Å²) in [7, 11) is -4.45. The number of rotatable bonds is 4. The fraction of sp³-hybridized carbons (Fsp3) is 0.600. The van der Waals surface area contributed by atoms with Crippen molar-refractivity contribution in [3.8, 4) is 11.5 Å². The van der Waals surface area contributed by atoms with Gasteiger partial charge in [-0.15, -0.1) is 0 Å². The number of phenolic OH excluding ortho intramolecular Hbond substituents is 1. The molecular weight excluding hydrogens is 307 g/mol. The summed E-state index contributed by atoms with van der Waals surface area (Å²) in [6.45, 7) is 7.49. The van der Waals surface area contributed by atoms with E-state index in [4.69, 9.17) is 14.5 Å². The lowest BCUT2D eigenvalue weighted by Crippen LogP contribution is -2.38. The standard InChI is InChI=1S/C15H23O6P/c1-9-10(2)14-12(11(3)13(9)16)5-6-15(4,21-14)7-8-20-22(17,18)19/h16H,5-8H2,1-4H3,(H2,17,18,19). The van der Waals surface area contributed by atoms with Crippen molar-refractivity contribution >= 4 is 7.82 Å². The van der Waals surface area contributed by atoms with Gasteiger partial charge in [0.1, 0.15) is 17.1 Å². The SMILES string of the molecule is Cc1c(C)c2c(c(C)c1O)CCC(C)(CCOP(=O)(O)O)O2. The maximum Gasteiger partial charge on any atom is 0.469 e. The number of hydrogen-bond acceptors (Lipinski definition) is 4. The normalized spacial score (nSPS) is 21.4. The molecule has 0 bridgehead atoms. The van der Waals surface area contributed by atoms with Gasteiger partial charge in [-0.3, -0.25) is 4.52 Å². The monoisotopic (exact) mass is 330 g/mol. The Morgan fingerprint density at radius 3 is 2.45 bits per heavy atom. The molecule has 0 fully saturated rings. The van der Waals surface area contributed by atoms with Crippen LogP contribution in [0.2, 0.25) is 0 Å². The van der Waals surface area contributed by atoms with E-state index in [0.29, 0.717) is 18.6 Å². The van der Waals surface area contributed by atoms with Crippen molar-refractivity contribution < 1.29 is 28.7 Å². The number of phosphoric ester groups is 1. The van der Waals surface area contributed by atoms with Crippen LogP contribution in [0, 0.1) is 20.8 Å². The van der Waals surface area contributed by atoms with Crippen LogP contribution in [0.4, 0.5) is 0 Å². The minimum Gasteiger partial charge on any atom is -0.507 e. The molecule has 1 atom stereocenters. The first-order chi connectivity index (χ1) is 10.0. The van der Waals surface area contributed by atoms with Crippen LogP contribution < -0.4 is 4.74 Å². The Morgan fingerprint density at radius 2 is 1.86 bits per heavy atom. The van der Waals surface area contributed by atoms with Gasteiger partial charge in [0.15, 0.2) is 0 Å². The van der Waals surface area contributed by atoms with Crippen LogP contribution >= 0.6 is 7.82 Å². The second kappa shape index (κ2) is 5.85. The van der Waals surface area contributed by atoms with Gasteiger partial charge in [-0.1, -0.05) is 0 Å². The summed E-state index contributed by atoms with van der Waals surface area (Å²) in [6, 6.07) is 0. The van der Waals surface area contributed by atoms with Crippen molar-refractivity contribution in [2.45, 2.75) is 52.6 Å². The number of fused-ring (bicyclic) bond motifs is 1. The van der Waals surface area contributed by atoms with Crippen molar-refractivity contribution in [1.82, 2.24) is 0 Å². The van der Waals surface area contributed by atoms with E-state index in [0.717, 1.165) is 34.4 Å².